The van der Waals surface area contributed by atoms with Crippen LogP contribution in [0.5, 0.6) is 0 Å². The summed E-state index contributed by atoms with van der Waals surface area (Å²) in [7, 11) is 0. The van der Waals surface area contributed by atoms with E-state index in [1.165, 1.54) is 19.3 Å². The van der Waals surface area contributed by atoms with Crippen molar-refractivity contribution in [1.82, 2.24) is 14.9 Å². The Morgan fingerprint density at radius 3 is 2.47 bits per heavy atom. The Kier molecular flexibility index (Phi) is 6.71. The lowest BCUT2D eigenvalue weighted by Crippen LogP contribution is -2.30. The number of carbonyl (C=O) groups excluding carboxylic acids is 1. The Morgan fingerprint density at radius 2 is 1.78 bits per heavy atom. The zero-order valence-corrected chi connectivity index (χ0v) is 20.4. The maximum atomic E-state index is 13.3. The van der Waals surface area contributed by atoms with Crippen LogP contribution in [-0.2, 0) is 6.54 Å². The highest BCUT2D eigenvalue weighted by atomic mass is 16.4. The summed E-state index contributed by atoms with van der Waals surface area (Å²) in [4.78, 5) is 31.5. The summed E-state index contributed by atoms with van der Waals surface area (Å²) in [5.41, 5.74) is 3.62. The molecule has 0 spiro atoms. The van der Waals surface area contributed by atoms with Gasteiger partial charge >= 0.3 is 5.97 Å². The molecule has 1 saturated heterocycles. The van der Waals surface area contributed by atoms with Crippen molar-refractivity contribution in [1.29, 1.82) is 0 Å². The standard InChI is InChI=1S/C29H30N4O3/c1-20(22-9-11-24(12-10-22)29(35)36)31-28(34)25-7-5-6-23-14-17-33(27(23)25)19-21-8-13-26(30-18-21)32-15-3-2-4-16-32/h5-14,17-18,20H,2-4,15-16,19H2,1H3,(H,31,34)(H,35,36)/t20-/m0/s1. The van der Waals surface area contributed by atoms with E-state index in [1.54, 1.807) is 24.3 Å². The number of nitrogens with one attached hydrogen (secondary N) is 1. The number of piperidine rings is 1. The normalized spacial score (nSPS) is 14.5. The van der Waals surface area contributed by atoms with Gasteiger partial charge in [-0.2, -0.15) is 0 Å². The summed E-state index contributed by atoms with van der Waals surface area (Å²) in [5.74, 6) is -0.114. The van der Waals surface area contributed by atoms with Crippen molar-refractivity contribution in [3.63, 3.8) is 0 Å². The number of hydrogen-bond acceptors (Lipinski definition) is 4. The largest absolute Gasteiger partial charge is 0.478 e. The fourth-order valence-electron chi connectivity index (χ4n) is 4.87. The number of carboxylic acid groups (broad SMARTS) is 1. The molecule has 1 aliphatic heterocycles. The van der Waals surface area contributed by atoms with Gasteiger partial charge in [-0.3, -0.25) is 4.79 Å². The molecule has 1 aliphatic rings. The van der Waals surface area contributed by atoms with E-state index in [0.29, 0.717) is 12.1 Å². The van der Waals surface area contributed by atoms with Gasteiger partial charge in [0.05, 0.1) is 22.7 Å². The molecule has 2 aromatic carbocycles. The maximum Gasteiger partial charge on any atom is 0.335 e. The van der Waals surface area contributed by atoms with Crippen molar-refractivity contribution in [2.24, 2.45) is 0 Å². The Morgan fingerprint density at radius 1 is 1.00 bits per heavy atom. The van der Waals surface area contributed by atoms with Crippen LogP contribution in [0.15, 0.2) is 73.1 Å². The Labute approximate surface area is 210 Å². The van der Waals surface area contributed by atoms with Gasteiger partial charge in [-0.15, -0.1) is 0 Å². The van der Waals surface area contributed by atoms with Crippen LogP contribution in [0, 0.1) is 0 Å². The first kappa shape index (κ1) is 23.6. The van der Waals surface area contributed by atoms with Gasteiger partial charge in [0.2, 0.25) is 0 Å². The number of benzene rings is 2. The van der Waals surface area contributed by atoms with E-state index < -0.39 is 5.97 Å². The average Bonchev–Trinajstić information content (AvgIpc) is 3.32. The van der Waals surface area contributed by atoms with Gasteiger partial charge in [-0.05, 0) is 67.6 Å². The van der Waals surface area contributed by atoms with Gasteiger partial charge in [-0.1, -0.05) is 30.3 Å². The highest BCUT2D eigenvalue weighted by Gasteiger charge is 2.17. The van der Waals surface area contributed by atoms with Gasteiger partial charge in [0.25, 0.3) is 5.91 Å². The monoisotopic (exact) mass is 482 g/mol. The molecule has 3 heterocycles. The van der Waals surface area contributed by atoms with Crippen molar-refractivity contribution in [2.45, 2.75) is 38.8 Å². The molecule has 1 atom stereocenters. The summed E-state index contributed by atoms with van der Waals surface area (Å²) in [6, 6.07) is 18.3. The van der Waals surface area contributed by atoms with Crippen molar-refractivity contribution < 1.29 is 14.7 Å². The van der Waals surface area contributed by atoms with Crippen LogP contribution in [0.4, 0.5) is 5.82 Å². The molecular weight excluding hydrogens is 452 g/mol. The molecule has 1 amide bonds. The SMILES string of the molecule is C[C@H](NC(=O)c1cccc2ccn(Cc3ccc(N4CCCCC4)nc3)c12)c1ccc(C(=O)O)cc1. The number of pyridine rings is 1. The molecule has 0 aliphatic carbocycles. The van der Waals surface area contributed by atoms with Gasteiger partial charge in [0.1, 0.15) is 5.82 Å². The van der Waals surface area contributed by atoms with Crippen LogP contribution in [0.25, 0.3) is 10.9 Å². The molecular formula is C29H30N4O3. The molecule has 4 aromatic rings. The first-order chi connectivity index (χ1) is 17.5. The second kappa shape index (κ2) is 10.2. The Hall–Kier alpha value is -4.13. The number of aromatic carboxylic acids is 1. The molecule has 184 valence electrons. The number of rotatable bonds is 7. The predicted octanol–water partition coefficient (Wildman–Crippen LogP) is 5.26. The molecule has 0 bridgehead atoms. The molecule has 36 heavy (non-hydrogen) atoms. The van der Waals surface area contributed by atoms with Crippen molar-refractivity contribution in [3.05, 3.63) is 95.3 Å². The molecule has 1 fully saturated rings. The fraction of sp³-hybridized carbons (Fsp3) is 0.276. The zero-order chi connectivity index (χ0) is 25.1. The van der Waals surface area contributed by atoms with E-state index in [0.717, 1.165) is 40.9 Å². The van der Waals surface area contributed by atoms with Crippen LogP contribution in [0.3, 0.4) is 0 Å². The molecule has 0 saturated carbocycles. The molecule has 0 unspecified atom stereocenters. The molecule has 7 heteroatoms. The molecule has 5 rings (SSSR count). The Bertz CT molecular complexity index is 1370. The van der Waals surface area contributed by atoms with Crippen LogP contribution in [0.2, 0.25) is 0 Å². The lowest BCUT2D eigenvalue weighted by molar-refractivity contribution is 0.0696. The number of hydrogen-bond donors (Lipinski definition) is 2. The van der Waals surface area contributed by atoms with Crippen molar-refractivity contribution in [2.75, 3.05) is 18.0 Å². The quantitative estimate of drug-likeness (QED) is 0.375. The summed E-state index contributed by atoms with van der Waals surface area (Å²) < 4.78 is 2.09. The first-order valence-corrected chi connectivity index (χ1v) is 12.4. The number of fused-ring (bicyclic) bond motifs is 1. The molecule has 7 nitrogen and oxygen atoms in total. The van der Waals surface area contributed by atoms with Gasteiger partial charge in [0.15, 0.2) is 0 Å². The summed E-state index contributed by atoms with van der Waals surface area (Å²) in [6.07, 6.45) is 7.67. The van der Waals surface area contributed by atoms with E-state index in [2.05, 4.69) is 26.9 Å². The number of para-hydroxylation sites is 1. The van der Waals surface area contributed by atoms with E-state index in [-0.39, 0.29) is 17.5 Å². The Balaban J connectivity index is 1.34. The highest BCUT2D eigenvalue weighted by Crippen LogP contribution is 2.24. The number of nitrogens with zero attached hydrogens (tertiary/aromatic N) is 3. The average molecular weight is 483 g/mol. The van der Waals surface area contributed by atoms with Gasteiger partial charge in [0, 0.05) is 37.4 Å². The van der Waals surface area contributed by atoms with Crippen LogP contribution < -0.4 is 10.2 Å². The van der Waals surface area contributed by atoms with Crippen molar-refractivity contribution in [3.8, 4) is 0 Å². The number of carbonyl (C=O) groups is 2. The minimum Gasteiger partial charge on any atom is -0.478 e. The summed E-state index contributed by atoms with van der Waals surface area (Å²) >= 11 is 0. The van der Waals surface area contributed by atoms with Crippen LogP contribution in [-0.4, -0.2) is 39.6 Å². The lowest BCUT2D eigenvalue weighted by Gasteiger charge is -2.27. The third-order valence-electron chi connectivity index (χ3n) is 6.88. The highest BCUT2D eigenvalue weighted by molar-refractivity contribution is 6.06. The van der Waals surface area contributed by atoms with E-state index in [1.807, 2.05) is 43.6 Å². The molecule has 2 N–H and O–H groups in total. The summed E-state index contributed by atoms with van der Waals surface area (Å²) in [5, 5.41) is 13.2. The topological polar surface area (TPSA) is 87.5 Å². The summed E-state index contributed by atoms with van der Waals surface area (Å²) in [6.45, 7) is 4.64. The number of carboxylic acids is 1. The van der Waals surface area contributed by atoms with E-state index in [4.69, 9.17) is 10.1 Å². The smallest absolute Gasteiger partial charge is 0.335 e. The second-order valence-electron chi connectivity index (χ2n) is 9.38. The van der Waals surface area contributed by atoms with Crippen molar-refractivity contribution >= 4 is 28.6 Å². The maximum absolute atomic E-state index is 13.3. The third kappa shape index (κ3) is 4.96. The van der Waals surface area contributed by atoms with Crippen LogP contribution >= 0.6 is 0 Å². The van der Waals surface area contributed by atoms with Crippen LogP contribution in [0.1, 0.15) is 64.1 Å². The minimum absolute atomic E-state index is 0.172. The molecule has 2 aromatic heterocycles. The van der Waals surface area contributed by atoms with E-state index in [9.17, 15) is 9.59 Å². The van der Waals surface area contributed by atoms with Gasteiger partial charge in [-0.25, -0.2) is 9.78 Å². The van der Waals surface area contributed by atoms with Gasteiger partial charge < -0.3 is 19.9 Å². The molecule has 0 radical (unpaired) electrons. The second-order valence-corrected chi connectivity index (χ2v) is 9.38. The predicted molar refractivity (Wildman–Crippen MR) is 141 cm³/mol. The fourth-order valence-corrected chi connectivity index (χ4v) is 4.87. The zero-order valence-electron chi connectivity index (χ0n) is 20.4. The number of aromatic nitrogens is 2. The number of anilines is 1. The first-order valence-electron chi connectivity index (χ1n) is 12.4. The van der Waals surface area contributed by atoms with E-state index >= 15 is 0 Å². The third-order valence-corrected chi connectivity index (χ3v) is 6.88. The minimum atomic E-state index is -0.970. The lowest BCUT2D eigenvalue weighted by atomic mass is 10.0. The number of amides is 1.